The zero-order valence-electron chi connectivity index (χ0n) is 12.5. The van der Waals surface area contributed by atoms with Crippen LogP contribution in [-0.2, 0) is 5.60 Å². The molecule has 1 atom stereocenters. The monoisotopic (exact) mass is 345 g/mol. The van der Waals surface area contributed by atoms with Gasteiger partial charge in [0.05, 0.1) is 6.54 Å². The number of carbonyl (C=O) groups is 1. The molecule has 1 amide bonds. The Kier molecular flexibility index (Phi) is 4.39. The summed E-state index contributed by atoms with van der Waals surface area (Å²) in [5.74, 6) is -0.256. The van der Waals surface area contributed by atoms with E-state index in [9.17, 15) is 9.90 Å². The summed E-state index contributed by atoms with van der Waals surface area (Å²) in [5.41, 5.74) is -0.651. The van der Waals surface area contributed by atoms with E-state index in [1.54, 1.807) is 31.2 Å². The lowest BCUT2D eigenvalue weighted by Crippen LogP contribution is -2.38. The van der Waals surface area contributed by atoms with E-state index in [1.807, 2.05) is 30.3 Å². The lowest BCUT2D eigenvalue weighted by Gasteiger charge is -2.22. The summed E-state index contributed by atoms with van der Waals surface area (Å²) in [7, 11) is 0. The van der Waals surface area contributed by atoms with Gasteiger partial charge in [-0.2, -0.15) is 0 Å². The minimum absolute atomic E-state index is 0.130. The maximum absolute atomic E-state index is 12.2. The van der Waals surface area contributed by atoms with Gasteiger partial charge in [0.1, 0.15) is 5.60 Å². The zero-order valence-corrected chi connectivity index (χ0v) is 14.1. The molecule has 1 heterocycles. The standard InChI is InChI=1S/C18H16ClNO2S/c1-18(22,16-10-12-5-2-3-8-15(12)23-16)11-20-17(21)13-6-4-7-14(19)9-13/h2-10,22H,11H2,1H3,(H,20,21). The molecule has 1 unspecified atom stereocenters. The van der Waals surface area contributed by atoms with E-state index in [-0.39, 0.29) is 12.5 Å². The number of aliphatic hydroxyl groups is 1. The molecule has 0 aliphatic carbocycles. The number of nitrogens with one attached hydrogen (secondary N) is 1. The Morgan fingerprint density at radius 3 is 2.74 bits per heavy atom. The molecule has 0 spiro atoms. The second-order valence-corrected chi connectivity index (χ2v) is 7.14. The van der Waals surface area contributed by atoms with Crippen LogP contribution in [-0.4, -0.2) is 17.6 Å². The van der Waals surface area contributed by atoms with Crippen LogP contribution in [0, 0.1) is 0 Å². The Morgan fingerprint density at radius 2 is 2.00 bits per heavy atom. The maximum atomic E-state index is 12.2. The van der Waals surface area contributed by atoms with Crippen molar-refractivity contribution in [2.75, 3.05) is 6.54 Å². The van der Waals surface area contributed by atoms with Gasteiger partial charge in [-0.1, -0.05) is 35.9 Å². The number of hydrogen-bond acceptors (Lipinski definition) is 3. The summed E-state index contributed by atoms with van der Waals surface area (Å²) in [5, 5.41) is 15.1. The van der Waals surface area contributed by atoms with Gasteiger partial charge >= 0.3 is 0 Å². The SMILES string of the molecule is CC(O)(CNC(=O)c1cccc(Cl)c1)c1cc2ccccc2s1. The fraction of sp³-hybridized carbons (Fsp3) is 0.167. The molecular formula is C18H16ClNO2S. The van der Waals surface area contributed by atoms with Crippen molar-refractivity contribution in [2.24, 2.45) is 0 Å². The molecule has 3 nitrogen and oxygen atoms in total. The molecule has 0 fully saturated rings. The van der Waals surface area contributed by atoms with Gasteiger partial charge in [0.25, 0.3) is 5.91 Å². The molecule has 23 heavy (non-hydrogen) atoms. The second kappa shape index (κ2) is 6.32. The number of halogens is 1. The third kappa shape index (κ3) is 3.55. The van der Waals surface area contributed by atoms with Crippen molar-refractivity contribution in [2.45, 2.75) is 12.5 Å². The molecule has 0 aliphatic rings. The smallest absolute Gasteiger partial charge is 0.251 e. The Bertz CT molecular complexity index is 824. The first-order valence-corrected chi connectivity index (χ1v) is 8.40. The Morgan fingerprint density at radius 1 is 1.22 bits per heavy atom. The van der Waals surface area contributed by atoms with Crippen molar-refractivity contribution in [1.29, 1.82) is 0 Å². The van der Waals surface area contributed by atoms with Crippen LogP contribution in [0.3, 0.4) is 0 Å². The first-order chi connectivity index (χ1) is 11.0. The van der Waals surface area contributed by atoms with E-state index in [0.29, 0.717) is 10.6 Å². The molecule has 1 aromatic heterocycles. The van der Waals surface area contributed by atoms with Crippen molar-refractivity contribution in [3.05, 3.63) is 70.1 Å². The average Bonchev–Trinajstić information content (AvgIpc) is 2.97. The van der Waals surface area contributed by atoms with Gasteiger partial charge in [0.15, 0.2) is 0 Å². The number of fused-ring (bicyclic) bond motifs is 1. The molecule has 0 saturated heterocycles. The number of carbonyl (C=O) groups excluding carboxylic acids is 1. The Labute approximate surface area is 143 Å². The summed E-state index contributed by atoms with van der Waals surface area (Å²) < 4.78 is 1.11. The van der Waals surface area contributed by atoms with Crippen LogP contribution in [0.5, 0.6) is 0 Å². The predicted octanol–water partition coefficient (Wildman–Crippen LogP) is 4.19. The fourth-order valence-electron chi connectivity index (χ4n) is 2.32. The van der Waals surface area contributed by atoms with Gasteiger partial charge in [-0.25, -0.2) is 0 Å². The van der Waals surface area contributed by atoms with E-state index in [0.717, 1.165) is 15.0 Å². The number of thiophene rings is 1. The number of amides is 1. The highest BCUT2D eigenvalue weighted by Gasteiger charge is 2.26. The van der Waals surface area contributed by atoms with Crippen molar-refractivity contribution in [3.8, 4) is 0 Å². The van der Waals surface area contributed by atoms with E-state index in [1.165, 1.54) is 11.3 Å². The molecule has 3 aromatic rings. The number of hydrogen-bond donors (Lipinski definition) is 2. The highest BCUT2D eigenvalue weighted by molar-refractivity contribution is 7.19. The van der Waals surface area contributed by atoms with Gasteiger partial charge in [-0.15, -0.1) is 11.3 Å². The van der Waals surface area contributed by atoms with Crippen LogP contribution in [0.2, 0.25) is 5.02 Å². The van der Waals surface area contributed by atoms with Gasteiger partial charge in [0, 0.05) is 20.2 Å². The largest absolute Gasteiger partial charge is 0.383 e. The van der Waals surface area contributed by atoms with Gasteiger partial charge in [0.2, 0.25) is 0 Å². The lowest BCUT2D eigenvalue weighted by molar-refractivity contribution is 0.0557. The summed E-state index contributed by atoms with van der Waals surface area (Å²) in [6.45, 7) is 1.83. The summed E-state index contributed by atoms with van der Waals surface area (Å²) in [6, 6.07) is 16.7. The topological polar surface area (TPSA) is 49.3 Å². The first-order valence-electron chi connectivity index (χ1n) is 7.21. The molecule has 0 aliphatic heterocycles. The first kappa shape index (κ1) is 16.0. The van der Waals surface area contributed by atoms with Gasteiger partial charge in [-0.3, -0.25) is 4.79 Å². The average molecular weight is 346 g/mol. The number of rotatable bonds is 4. The predicted molar refractivity (Wildman–Crippen MR) is 95.2 cm³/mol. The van der Waals surface area contributed by atoms with Gasteiger partial charge < -0.3 is 10.4 Å². The van der Waals surface area contributed by atoms with Crippen LogP contribution in [0.25, 0.3) is 10.1 Å². The highest BCUT2D eigenvalue weighted by Crippen LogP contribution is 2.32. The van der Waals surface area contributed by atoms with E-state index in [2.05, 4.69) is 5.32 Å². The summed E-state index contributed by atoms with van der Waals surface area (Å²) in [6.07, 6.45) is 0. The van der Waals surface area contributed by atoms with Crippen LogP contribution in [0.4, 0.5) is 0 Å². The van der Waals surface area contributed by atoms with Crippen molar-refractivity contribution < 1.29 is 9.90 Å². The third-order valence-corrected chi connectivity index (χ3v) is 5.24. The normalized spacial score (nSPS) is 13.7. The molecule has 5 heteroatoms. The van der Waals surface area contributed by atoms with E-state index >= 15 is 0 Å². The molecule has 2 N–H and O–H groups in total. The van der Waals surface area contributed by atoms with E-state index < -0.39 is 5.60 Å². The summed E-state index contributed by atoms with van der Waals surface area (Å²) >= 11 is 7.42. The molecule has 3 rings (SSSR count). The second-order valence-electron chi connectivity index (χ2n) is 5.62. The van der Waals surface area contributed by atoms with Crippen LogP contribution in [0.1, 0.15) is 22.2 Å². The van der Waals surface area contributed by atoms with Crippen molar-refractivity contribution in [1.82, 2.24) is 5.32 Å². The third-order valence-electron chi connectivity index (χ3n) is 3.64. The fourth-order valence-corrected chi connectivity index (χ4v) is 3.62. The minimum Gasteiger partial charge on any atom is -0.383 e. The zero-order chi connectivity index (χ0) is 16.4. The molecule has 2 aromatic carbocycles. The molecule has 0 bridgehead atoms. The van der Waals surface area contributed by atoms with Crippen LogP contribution >= 0.6 is 22.9 Å². The lowest BCUT2D eigenvalue weighted by atomic mass is 10.0. The molecular weight excluding hydrogens is 330 g/mol. The van der Waals surface area contributed by atoms with Gasteiger partial charge in [-0.05, 0) is 42.6 Å². The van der Waals surface area contributed by atoms with Crippen LogP contribution in [0.15, 0.2) is 54.6 Å². The molecule has 118 valence electrons. The molecule has 0 saturated carbocycles. The maximum Gasteiger partial charge on any atom is 0.251 e. The van der Waals surface area contributed by atoms with Crippen LogP contribution < -0.4 is 5.32 Å². The Hall–Kier alpha value is -1.88. The quantitative estimate of drug-likeness (QED) is 0.744. The number of benzene rings is 2. The molecule has 0 radical (unpaired) electrons. The minimum atomic E-state index is -1.13. The van der Waals surface area contributed by atoms with E-state index in [4.69, 9.17) is 11.6 Å². The summed E-state index contributed by atoms with van der Waals surface area (Å²) in [4.78, 5) is 13.0. The Balaban J connectivity index is 1.74. The van der Waals surface area contributed by atoms with Crippen molar-refractivity contribution in [3.63, 3.8) is 0 Å². The van der Waals surface area contributed by atoms with Crippen molar-refractivity contribution >= 4 is 38.9 Å². The highest BCUT2D eigenvalue weighted by atomic mass is 35.5.